The maximum atomic E-state index is 9.39. The molecule has 0 bridgehead atoms. The summed E-state index contributed by atoms with van der Waals surface area (Å²) in [4.78, 5) is 2.44. The van der Waals surface area contributed by atoms with Crippen LogP contribution in [-0.2, 0) is 6.54 Å². The molecule has 20 heavy (non-hydrogen) atoms. The summed E-state index contributed by atoms with van der Waals surface area (Å²) >= 11 is 0. The summed E-state index contributed by atoms with van der Waals surface area (Å²) in [7, 11) is 0. The van der Waals surface area contributed by atoms with Gasteiger partial charge in [-0.3, -0.25) is 0 Å². The number of para-hydroxylation sites is 1. The molecule has 2 N–H and O–H groups in total. The average Bonchev–Trinajstić information content (AvgIpc) is 2.47. The van der Waals surface area contributed by atoms with Crippen LogP contribution in [0.25, 0.3) is 0 Å². The molecule has 1 aliphatic rings. The van der Waals surface area contributed by atoms with Gasteiger partial charge in [-0.2, -0.15) is 0 Å². The highest BCUT2D eigenvalue weighted by molar-refractivity contribution is 5.54. The van der Waals surface area contributed by atoms with Crippen molar-refractivity contribution in [3.63, 3.8) is 0 Å². The van der Waals surface area contributed by atoms with Crippen molar-refractivity contribution in [2.45, 2.75) is 33.2 Å². The summed E-state index contributed by atoms with van der Waals surface area (Å²) in [5.41, 5.74) is 2.70. The van der Waals surface area contributed by atoms with Gasteiger partial charge < -0.3 is 15.3 Å². The van der Waals surface area contributed by atoms with Crippen molar-refractivity contribution in [3.05, 3.63) is 29.8 Å². The van der Waals surface area contributed by atoms with Gasteiger partial charge in [0.1, 0.15) is 0 Å². The van der Waals surface area contributed by atoms with E-state index in [0.29, 0.717) is 18.4 Å². The summed E-state index contributed by atoms with van der Waals surface area (Å²) in [5, 5.41) is 12.9. The third kappa shape index (κ3) is 4.22. The molecule has 0 aromatic heterocycles. The highest BCUT2D eigenvalue weighted by Crippen LogP contribution is 2.26. The lowest BCUT2D eigenvalue weighted by Crippen LogP contribution is -2.37. The van der Waals surface area contributed by atoms with E-state index >= 15 is 0 Å². The van der Waals surface area contributed by atoms with Crippen molar-refractivity contribution in [1.82, 2.24) is 5.32 Å². The highest BCUT2D eigenvalue weighted by Gasteiger charge is 2.20. The fourth-order valence-electron chi connectivity index (χ4n) is 2.90. The molecule has 0 saturated carbocycles. The number of anilines is 1. The summed E-state index contributed by atoms with van der Waals surface area (Å²) in [5.74, 6) is 1.11. The zero-order valence-corrected chi connectivity index (χ0v) is 12.8. The zero-order valence-electron chi connectivity index (χ0n) is 12.8. The first-order valence-corrected chi connectivity index (χ1v) is 7.85. The number of aliphatic hydroxyl groups is 1. The summed E-state index contributed by atoms with van der Waals surface area (Å²) in [6, 6.07) is 8.66. The molecule has 2 rings (SSSR count). The Morgan fingerprint density at radius 2 is 2.15 bits per heavy atom. The second kappa shape index (κ2) is 7.65. The quantitative estimate of drug-likeness (QED) is 0.838. The Kier molecular flexibility index (Phi) is 5.86. The summed E-state index contributed by atoms with van der Waals surface area (Å²) in [6.45, 7) is 8.84. The second-order valence-corrected chi connectivity index (χ2v) is 6.29. The van der Waals surface area contributed by atoms with Crippen LogP contribution < -0.4 is 10.2 Å². The van der Waals surface area contributed by atoms with Gasteiger partial charge in [-0.25, -0.2) is 0 Å². The van der Waals surface area contributed by atoms with Crippen LogP contribution in [0, 0.1) is 11.8 Å². The lowest BCUT2D eigenvalue weighted by Gasteiger charge is -2.35. The van der Waals surface area contributed by atoms with Crippen molar-refractivity contribution in [2.24, 2.45) is 11.8 Å². The number of benzene rings is 1. The molecule has 0 radical (unpaired) electrons. The van der Waals surface area contributed by atoms with Gasteiger partial charge in [0.05, 0.1) is 0 Å². The van der Waals surface area contributed by atoms with Gasteiger partial charge in [-0.05, 0) is 42.9 Å². The molecular weight excluding hydrogens is 248 g/mol. The first kappa shape index (κ1) is 15.3. The van der Waals surface area contributed by atoms with Gasteiger partial charge in [0.25, 0.3) is 0 Å². The molecule has 1 saturated heterocycles. The van der Waals surface area contributed by atoms with Crippen LogP contribution in [0.4, 0.5) is 5.69 Å². The monoisotopic (exact) mass is 276 g/mol. The molecule has 1 aliphatic heterocycles. The minimum atomic E-state index is 0.310. The number of piperidine rings is 1. The number of hydrogen-bond acceptors (Lipinski definition) is 3. The zero-order chi connectivity index (χ0) is 14.4. The third-order valence-electron chi connectivity index (χ3n) is 3.98. The van der Waals surface area contributed by atoms with Gasteiger partial charge in [-0.1, -0.05) is 32.0 Å². The molecule has 1 aromatic rings. The third-order valence-corrected chi connectivity index (χ3v) is 3.98. The fourth-order valence-corrected chi connectivity index (χ4v) is 2.90. The Labute approximate surface area is 123 Å². The van der Waals surface area contributed by atoms with Gasteiger partial charge in [0, 0.05) is 31.9 Å². The van der Waals surface area contributed by atoms with Crippen LogP contribution in [0.1, 0.15) is 32.3 Å². The molecule has 1 fully saturated rings. The van der Waals surface area contributed by atoms with Crippen LogP contribution in [0.3, 0.4) is 0 Å². The topological polar surface area (TPSA) is 35.5 Å². The van der Waals surface area contributed by atoms with Gasteiger partial charge >= 0.3 is 0 Å². The first-order chi connectivity index (χ1) is 9.70. The molecule has 1 aromatic carbocycles. The molecule has 1 atom stereocenters. The fraction of sp³-hybridized carbons (Fsp3) is 0.647. The number of hydrogen-bond donors (Lipinski definition) is 2. The summed E-state index contributed by atoms with van der Waals surface area (Å²) in [6.07, 6.45) is 2.33. The van der Waals surface area contributed by atoms with E-state index in [9.17, 15) is 5.11 Å². The summed E-state index contributed by atoms with van der Waals surface area (Å²) < 4.78 is 0. The van der Waals surface area contributed by atoms with Crippen LogP contribution in [0.15, 0.2) is 24.3 Å². The van der Waals surface area contributed by atoms with Gasteiger partial charge in [-0.15, -0.1) is 0 Å². The van der Waals surface area contributed by atoms with Crippen molar-refractivity contribution in [3.8, 4) is 0 Å². The maximum Gasteiger partial charge on any atom is 0.0476 e. The minimum Gasteiger partial charge on any atom is -0.396 e. The van der Waals surface area contributed by atoms with Crippen molar-refractivity contribution in [1.29, 1.82) is 0 Å². The Morgan fingerprint density at radius 1 is 1.35 bits per heavy atom. The van der Waals surface area contributed by atoms with E-state index in [1.165, 1.54) is 17.7 Å². The predicted octanol–water partition coefficient (Wildman–Crippen LogP) is 2.64. The Balaban J connectivity index is 2.03. The molecule has 0 amide bonds. The number of aliphatic hydroxyl groups excluding tert-OH is 1. The number of nitrogens with one attached hydrogen (secondary N) is 1. The van der Waals surface area contributed by atoms with Crippen LogP contribution in [0.5, 0.6) is 0 Å². The molecule has 1 heterocycles. The Hall–Kier alpha value is -1.06. The molecular formula is C17H28N2O. The largest absolute Gasteiger partial charge is 0.396 e. The molecule has 1 unspecified atom stereocenters. The normalized spacial score (nSPS) is 19.6. The van der Waals surface area contributed by atoms with E-state index < -0.39 is 0 Å². The van der Waals surface area contributed by atoms with E-state index in [1.807, 2.05) is 0 Å². The lowest BCUT2D eigenvalue weighted by molar-refractivity contribution is 0.208. The van der Waals surface area contributed by atoms with E-state index in [4.69, 9.17) is 0 Å². The molecule has 3 nitrogen and oxygen atoms in total. The van der Waals surface area contributed by atoms with Crippen molar-refractivity contribution >= 4 is 5.69 Å². The number of nitrogens with zero attached hydrogens (tertiary/aromatic N) is 1. The van der Waals surface area contributed by atoms with Crippen molar-refractivity contribution in [2.75, 3.05) is 31.1 Å². The molecule has 3 heteroatoms. The standard InChI is InChI=1S/C17H28N2O/c1-14(2)10-18-11-16-7-3-4-8-17(16)19-9-5-6-15(12-19)13-20/h3-4,7-8,14-15,18,20H,5-6,9-13H2,1-2H3. The lowest BCUT2D eigenvalue weighted by atomic mass is 9.97. The number of rotatable bonds is 6. The van der Waals surface area contributed by atoms with E-state index in [0.717, 1.165) is 32.6 Å². The van der Waals surface area contributed by atoms with E-state index in [1.54, 1.807) is 0 Å². The van der Waals surface area contributed by atoms with Crippen LogP contribution in [0.2, 0.25) is 0 Å². The van der Waals surface area contributed by atoms with E-state index in [2.05, 4.69) is 48.3 Å². The maximum absolute atomic E-state index is 9.39. The first-order valence-electron chi connectivity index (χ1n) is 7.85. The van der Waals surface area contributed by atoms with Gasteiger partial charge in [0.15, 0.2) is 0 Å². The molecule has 0 spiro atoms. The Morgan fingerprint density at radius 3 is 2.90 bits per heavy atom. The predicted molar refractivity (Wildman–Crippen MR) is 85.0 cm³/mol. The molecule has 0 aliphatic carbocycles. The SMILES string of the molecule is CC(C)CNCc1ccccc1N1CCCC(CO)C1. The van der Waals surface area contributed by atoms with Crippen molar-refractivity contribution < 1.29 is 5.11 Å². The highest BCUT2D eigenvalue weighted by atomic mass is 16.3. The second-order valence-electron chi connectivity index (χ2n) is 6.29. The smallest absolute Gasteiger partial charge is 0.0476 e. The van der Waals surface area contributed by atoms with Crippen LogP contribution >= 0.6 is 0 Å². The van der Waals surface area contributed by atoms with E-state index in [-0.39, 0.29) is 0 Å². The van der Waals surface area contributed by atoms with Gasteiger partial charge in [0.2, 0.25) is 0 Å². The minimum absolute atomic E-state index is 0.310. The van der Waals surface area contributed by atoms with Crippen LogP contribution in [-0.4, -0.2) is 31.3 Å². The average molecular weight is 276 g/mol. The Bertz CT molecular complexity index is 406. The molecule has 112 valence electrons.